The van der Waals surface area contributed by atoms with Gasteiger partial charge in [-0.3, -0.25) is 0 Å². The van der Waals surface area contributed by atoms with Gasteiger partial charge in [-0.1, -0.05) is 0 Å². The molecular formula is C16H16O6. The molecule has 2 aliphatic heterocycles. The summed E-state index contributed by atoms with van der Waals surface area (Å²) < 4.78 is 27.1. The molecule has 1 aromatic carbocycles. The summed E-state index contributed by atoms with van der Waals surface area (Å²) in [6.45, 7) is 4.26. The highest BCUT2D eigenvalue weighted by Gasteiger charge is 2.25. The van der Waals surface area contributed by atoms with Gasteiger partial charge < -0.3 is 23.4 Å². The summed E-state index contributed by atoms with van der Waals surface area (Å²) in [6, 6.07) is 4.99. The first-order chi connectivity index (χ1) is 10.7. The Hall–Kier alpha value is -2.05. The van der Waals surface area contributed by atoms with Crippen molar-refractivity contribution in [3.05, 3.63) is 34.2 Å². The molecule has 3 heterocycles. The van der Waals surface area contributed by atoms with Crippen molar-refractivity contribution in [2.24, 2.45) is 0 Å². The van der Waals surface area contributed by atoms with Gasteiger partial charge in [-0.25, -0.2) is 4.79 Å². The van der Waals surface area contributed by atoms with Crippen LogP contribution in [-0.4, -0.2) is 38.6 Å². The molecule has 0 saturated carbocycles. The third-order valence-corrected chi connectivity index (χ3v) is 3.64. The van der Waals surface area contributed by atoms with Crippen molar-refractivity contribution in [3.8, 4) is 11.5 Å². The molecular weight excluding hydrogens is 288 g/mol. The zero-order valence-corrected chi connectivity index (χ0v) is 12.2. The molecule has 0 aliphatic carbocycles. The number of epoxide rings is 2. The van der Waals surface area contributed by atoms with Crippen LogP contribution in [0.15, 0.2) is 27.4 Å². The van der Waals surface area contributed by atoms with E-state index in [9.17, 15) is 4.79 Å². The van der Waals surface area contributed by atoms with Crippen molar-refractivity contribution in [3.63, 3.8) is 0 Å². The van der Waals surface area contributed by atoms with Crippen LogP contribution in [0.5, 0.6) is 11.5 Å². The van der Waals surface area contributed by atoms with Gasteiger partial charge in [0.05, 0.1) is 18.6 Å². The Kier molecular flexibility index (Phi) is 3.28. The molecule has 1 aromatic heterocycles. The minimum absolute atomic E-state index is 0.149. The number of hydrogen-bond donors (Lipinski definition) is 0. The third kappa shape index (κ3) is 2.93. The minimum atomic E-state index is -0.385. The summed E-state index contributed by atoms with van der Waals surface area (Å²) in [5, 5.41) is 0.787. The SMILES string of the molecule is Cc1cc(=O)oc2cc(OCC3CO3)cc(OCC3CO3)c12. The fourth-order valence-electron chi connectivity index (χ4n) is 2.32. The number of fused-ring (bicyclic) bond motifs is 1. The standard InChI is InChI=1S/C16H16O6/c1-9-2-15(17)22-14-4-10(18-5-11-6-19-11)3-13(16(9)14)21-8-12-7-20-12/h2-4,11-12H,5-8H2,1H3. The summed E-state index contributed by atoms with van der Waals surface area (Å²) in [7, 11) is 0. The van der Waals surface area contributed by atoms with Crippen molar-refractivity contribution in [2.45, 2.75) is 19.1 Å². The maximum Gasteiger partial charge on any atom is 0.336 e. The summed E-state index contributed by atoms with van der Waals surface area (Å²) in [5.74, 6) is 1.24. The summed E-state index contributed by atoms with van der Waals surface area (Å²) in [6.07, 6.45) is 0.306. The zero-order valence-electron chi connectivity index (χ0n) is 12.2. The first-order valence-electron chi connectivity index (χ1n) is 7.26. The molecule has 116 valence electrons. The predicted octanol–water partition coefficient (Wildman–Crippen LogP) is 1.66. The van der Waals surface area contributed by atoms with Crippen LogP contribution >= 0.6 is 0 Å². The van der Waals surface area contributed by atoms with Gasteiger partial charge in [-0.2, -0.15) is 0 Å². The molecule has 0 amide bonds. The fourth-order valence-corrected chi connectivity index (χ4v) is 2.32. The van der Waals surface area contributed by atoms with E-state index in [2.05, 4.69) is 0 Å². The molecule has 22 heavy (non-hydrogen) atoms. The van der Waals surface area contributed by atoms with E-state index < -0.39 is 0 Å². The second-order valence-corrected chi connectivity index (χ2v) is 5.58. The summed E-state index contributed by atoms with van der Waals surface area (Å²) in [5.41, 5.74) is 0.894. The third-order valence-electron chi connectivity index (χ3n) is 3.64. The molecule has 0 bridgehead atoms. The Morgan fingerprint density at radius 2 is 1.77 bits per heavy atom. The van der Waals surface area contributed by atoms with Crippen LogP contribution in [0.1, 0.15) is 5.56 Å². The zero-order chi connectivity index (χ0) is 15.1. The van der Waals surface area contributed by atoms with E-state index in [1.807, 2.05) is 13.0 Å². The topological polar surface area (TPSA) is 73.7 Å². The molecule has 0 N–H and O–H groups in total. The van der Waals surface area contributed by atoms with Crippen molar-refractivity contribution in [1.82, 2.24) is 0 Å². The van der Waals surface area contributed by atoms with Crippen molar-refractivity contribution >= 4 is 11.0 Å². The molecule has 0 spiro atoms. The molecule has 6 heteroatoms. The molecule has 2 unspecified atom stereocenters. The molecule has 2 saturated heterocycles. The number of rotatable bonds is 6. The van der Waals surface area contributed by atoms with E-state index in [-0.39, 0.29) is 17.8 Å². The largest absolute Gasteiger partial charge is 0.491 e. The van der Waals surface area contributed by atoms with E-state index >= 15 is 0 Å². The van der Waals surface area contributed by atoms with Crippen molar-refractivity contribution in [2.75, 3.05) is 26.4 Å². The Morgan fingerprint density at radius 3 is 2.45 bits per heavy atom. The van der Waals surface area contributed by atoms with Gasteiger partial charge >= 0.3 is 5.63 Å². The monoisotopic (exact) mass is 304 g/mol. The number of benzene rings is 1. The Bertz CT molecular complexity index is 757. The molecule has 2 fully saturated rings. The molecule has 6 nitrogen and oxygen atoms in total. The van der Waals surface area contributed by atoms with Gasteiger partial charge in [-0.15, -0.1) is 0 Å². The summed E-state index contributed by atoms with van der Waals surface area (Å²) in [4.78, 5) is 11.6. The van der Waals surface area contributed by atoms with E-state index in [0.717, 1.165) is 24.2 Å². The van der Waals surface area contributed by atoms with Crippen LogP contribution in [0.4, 0.5) is 0 Å². The van der Waals surface area contributed by atoms with Crippen LogP contribution in [0.3, 0.4) is 0 Å². The highest BCUT2D eigenvalue weighted by molar-refractivity contribution is 5.88. The Morgan fingerprint density at radius 1 is 1.09 bits per heavy atom. The van der Waals surface area contributed by atoms with E-state index in [4.69, 9.17) is 23.4 Å². The molecule has 2 aromatic rings. The van der Waals surface area contributed by atoms with Gasteiger partial charge in [0.1, 0.15) is 42.5 Å². The predicted molar refractivity (Wildman–Crippen MR) is 77.7 cm³/mol. The van der Waals surface area contributed by atoms with Crippen molar-refractivity contribution in [1.29, 1.82) is 0 Å². The lowest BCUT2D eigenvalue weighted by molar-refractivity contribution is 0.253. The highest BCUT2D eigenvalue weighted by atomic mass is 16.6. The van der Waals surface area contributed by atoms with Crippen LogP contribution < -0.4 is 15.1 Å². The van der Waals surface area contributed by atoms with E-state index in [1.54, 1.807) is 6.07 Å². The Labute approximate surface area is 126 Å². The molecule has 2 aliphatic rings. The van der Waals surface area contributed by atoms with Gasteiger partial charge in [0, 0.05) is 18.2 Å². The highest BCUT2D eigenvalue weighted by Crippen LogP contribution is 2.33. The quantitative estimate of drug-likeness (QED) is 0.597. The van der Waals surface area contributed by atoms with E-state index in [1.165, 1.54) is 6.07 Å². The van der Waals surface area contributed by atoms with Crippen LogP contribution in [0.25, 0.3) is 11.0 Å². The van der Waals surface area contributed by atoms with Gasteiger partial charge in [0.15, 0.2) is 0 Å². The fraction of sp³-hybridized carbons (Fsp3) is 0.438. The van der Waals surface area contributed by atoms with Crippen LogP contribution in [0, 0.1) is 6.92 Å². The normalized spacial score (nSPS) is 22.6. The number of ether oxygens (including phenoxy) is 4. The smallest absolute Gasteiger partial charge is 0.336 e. The lowest BCUT2D eigenvalue weighted by Crippen LogP contribution is -2.08. The lowest BCUT2D eigenvalue weighted by Gasteiger charge is -2.12. The van der Waals surface area contributed by atoms with Crippen LogP contribution in [-0.2, 0) is 9.47 Å². The second-order valence-electron chi connectivity index (χ2n) is 5.58. The van der Waals surface area contributed by atoms with Crippen molar-refractivity contribution < 1.29 is 23.4 Å². The first kappa shape index (κ1) is 13.6. The number of hydrogen-bond acceptors (Lipinski definition) is 6. The Balaban J connectivity index is 1.71. The van der Waals surface area contributed by atoms with Gasteiger partial charge in [-0.05, 0) is 12.5 Å². The lowest BCUT2D eigenvalue weighted by atomic mass is 10.1. The average Bonchev–Trinajstić information content (AvgIpc) is 3.36. The summed E-state index contributed by atoms with van der Waals surface area (Å²) >= 11 is 0. The average molecular weight is 304 g/mol. The minimum Gasteiger partial charge on any atom is -0.491 e. The van der Waals surface area contributed by atoms with E-state index in [0.29, 0.717) is 30.3 Å². The molecule has 0 radical (unpaired) electrons. The van der Waals surface area contributed by atoms with Gasteiger partial charge in [0.25, 0.3) is 0 Å². The second kappa shape index (κ2) is 5.30. The van der Waals surface area contributed by atoms with Gasteiger partial charge in [0.2, 0.25) is 0 Å². The molecule has 2 atom stereocenters. The maximum absolute atomic E-state index is 11.6. The number of aryl methyl sites for hydroxylation is 1. The molecule has 4 rings (SSSR count). The maximum atomic E-state index is 11.6. The first-order valence-corrected chi connectivity index (χ1v) is 7.26. The van der Waals surface area contributed by atoms with Crippen LogP contribution in [0.2, 0.25) is 0 Å².